The van der Waals surface area contributed by atoms with Crippen LogP contribution in [0.3, 0.4) is 0 Å². The molecule has 0 bridgehead atoms. The molecule has 0 aliphatic carbocycles. The van der Waals surface area contributed by atoms with Gasteiger partial charge in [0.1, 0.15) is 5.75 Å². The Hall–Kier alpha value is -2.26. The topological polar surface area (TPSA) is 35.8 Å². The number of likely N-dealkylation sites (N-methyl/N-ethyl adjacent to an activating group) is 1. The standard InChI is InChI=1S/C18H17ClN2O/c1-21-10-9-20-17(16-7-6-14(19)12-18(16)21)8-5-13-3-2-4-15(22)11-13/h2-8,11-12,22H,9-10H2,1H3. The van der Waals surface area contributed by atoms with Crippen molar-refractivity contribution in [3.63, 3.8) is 0 Å². The SMILES string of the molecule is CN1CCN=C(C=Cc2cccc(O)c2)c2ccc(Cl)cc21. The summed E-state index contributed by atoms with van der Waals surface area (Å²) in [6, 6.07) is 13.0. The Balaban J connectivity index is 1.97. The Bertz CT molecular complexity index is 753. The first kappa shape index (κ1) is 14.7. The van der Waals surface area contributed by atoms with Gasteiger partial charge in [0.2, 0.25) is 0 Å². The number of hydrogen-bond acceptors (Lipinski definition) is 3. The van der Waals surface area contributed by atoms with E-state index in [2.05, 4.69) is 9.89 Å². The quantitative estimate of drug-likeness (QED) is 0.910. The minimum atomic E-state index is 0.261. The zero-order valence-corrected chi connectivity index (χ0v) is 13.1. The zero-order chi connectivity index (χ0) is 15.5. The van der Waals surface area contributed by atoms with Crippen molar-refractivity contribution >= 4 is 29.1 Å². The summed E-state index contributed by atoms with van der Waals surface area (Å²) in [6.45, 7) is 1.60. The number of phenolic OH excluding ortho intramolecular Hbond substituents is 1. The number of anilines is 1. The summed E-state index contributed by atoms with van der Waals surface area (Å²) in [5.41, 5.74) is 4.03. The Kier molecular flexibility index (Phi) is 4.16. The van der Waals surface area contributed by atoms with Gasteiger partial charge >= 0.3 is 0 Å². The number of allylic oxidation sites excluding steroid dienone is 1. The van der Waals surface area contributed by atoms with Gasteiger partial charge in [-0.3, -0.25) is 4.99 Å². The van der Waals surface area contributed by atoms with E-state index in [-0.39, 0.29) is 5.75 Å². The number of phenols is 1. The Morgan fingerprint density at radius 2 is 2.05 bits per heavy atom. The minimum absolute atomic E-state index is 0.261. The number of fused-ring (bicyclic) bond motifs is 1. The molecule has 0 aromatic heterocycles. The first-order valence-electron chi connectivity index (χ1n) is 7.16. The van der Waals surface area contributed by atoms with E-state index in [4.69, 9.17) is 11.6 Å². The molecular weight excluding hydrogens is 296 g/mol. The highest BCUT2D eigenvalue weighted by atomic mass is 35.5. The fourth-order valence-corrected chi connectivity index (χ4v) is 2.68. The van der Waals surface area contributed by atoms with Gasteiger partial charge in [-0.2, -0.15) is 0 Å². The normalized spacial score (nSPS) is 14.6. The molecule has 0 radical (unpaired) electrons. The highest BCUT2D eigenvalue weighted by Gasteiger charge is 2.14. The molecule has 112 valence electrons. The maximum absolute atomic E-state index is 9.53. The van der Waals surface area contributed by atoms with E-state index >= 15 is 0 Å². The molecule has 3 nitrogen and oxygen atoms in total. The summed E-state index contributed by atoms with van der Waals surface area (Å²) < 4.78 is 0. The van der Waals surface area contributed by atoms with Gasteiger partial charge in [-0.1, -0.05) is 29.8 Å². The van der Waals surface area contributed by atoms with Gasteiger partial charge < -0.3 is 10.0 Å². The van der Waals surface area contributed by atoms with Crippen LogP contribution in [-0.4, -0.2) is 31.0 Å². The van der Waals surface area contributed by atoms with Crippen LogP contribution in [0.4, 0.5) is 5.69 Å². The van der Waals surface area contributed by atoms with Crippen molar-refractivity contribution in [1.82, 2.24) is 0 Å². The Morgan fingerprint density at radius 1 is 1.18 bits per heavy atom. The molecule has 22 heavy (non-hydrogen) atoms. The van der Waals surface area contributed by atoms with Crippen molar-refractivity contribution < 1.29 is 5.11 Å². The van der Waals surface area contributed by atoms with Crippen LogP contribution in [0.1, 0.15) is 11.1 Å². The molecule has 1 N–H and O–H groups in total. The average Bonchev–Trinajstić information content (AvgIpc) is 2.65. The van der Waals surface area contributed by atoms with Crippen LogP contribution >= 0.6 is 11.6 Å². The van der Waals surface area contributed by atoms with Gasteiger partial charge in [-0.15, -0.1) is 0 Å². The third kappa shape index (κ3) is 3.15. The van der Waals surface area contributed by atoms with Crippen LogP contribution in [0, 0.1) is 0 Å². The summed E-state index contributed by atoms with van der Waals surface area (Å²) >= 11 is 6.12. The van der Waals surface area contributed by atoms with Crippen LogP contribution < -0.4 is 4.90 Å². The third-order valence-corrected chi connectivity index (χ3v) is 3.90. The number of rotatable bonds is 2. The Labute approximate surface area is 135 Å². The second-order valence-electron chi connectivity index (χ2n) is 5.28. The van der Waals surface area contributed by atoms with E-state index in [1.54, 1.807) is 12.1 Å². The van der Waals surface area contributed by atoms with Crippen molar-refractivity contribution in [1.29, 1.82) is 0 Å². The molecular formula is C18H17ClN2O. The second kappa shape index (κ2) is 6.24. The molecule has 0 saturated heterocycles. The van der Waals surface area contributed by atoms with Crippen molar-refractivity contribution in [2.75, 3.05) is 25.0 Å². The molecule has 1 aliphatic rings. The molecule has 0 amide bonds. The molecule has 2 aromatic rings. The van der Waals surface area contributed by atoms with Crippen molar-refractivity contribution in [3.8, 4) is 5.75 Å². The van der Waals surface area contributed by atoms with E-state index in [0.29, 0.717) is 0 Å². The smallest absolute Gasteiger partial charge is 0.116 e. The van der Waals surface area contributed by atoms with Crippen molar-refractivity contribution in [3.05, 3.63) is 64.7 Å². The van der Waals surface area contributed by atoms with Gasteiger partial charge in [0.05, 0.1) is 12.3 Å². The number of halogens is 1. The number of benzene rings is 2. The van der Waals surface area contributed by atoms with E-state index in [9.17, 15) is 5.11 Å². The number of nitrogens with zero attached hydrogens (tertiary/aromatic N) is 2. The monoisotopic (exact) mass is 312 g/mol. The first-order valence-corrected chi connectivity index (χ1v) is 7.54. The lowest BCUT2D eigenvalue weighted by molar-refractivity contribution is 0.475. The van der Waals surface area contributed by atoms with E-state index in [1.807, 2.05) is 49.5 Å². The Morgan fingerprint density at radius 3 is 2.86 bits per heavy atom. The van der Waals surface area contributed by atoms with Crippen LogP contribution in [0.2, 0.25) is 5.02 Å². The molecule has 2 aromatic carbocycles. The lowest BCUT2D eigenvalue weighted by Gasteiger charge is -2.19. The molecule has 1 aliphatic heterocycles. The summed E-state index contributed by atoms with van der Waals surface area (Å²) in [6.07, 6.45) is 3.95. The minimum Gasteiger partial charge on any atom is -0.508 e. The van der Waals surface area contributed by atoms with Crippen LogP contribution in [0.15, 0.2) is 53.5 Å². The summed E-state index contributed by atoms with van der Waals surface area (Å²) in [5.74, 6) is 0.261. The van der Waals surface area contributed by atoms with E-state index in [0.717, 1.165) is 40.6 Å². The van der Waals surface area contributed by atoms with Gasteiger partial charge in [0.25, 0.3) is 0 Å². The van der Waals surface area contributed by atoms with Crippen LogP contribution in [0.25, 0.3) is 6.08 Å². The number of hydrogen-bond donors (Lipinski definition) is 1. The predicted octanol–water partition coefficient (Wildman–Crippen LogP) is 4.00. The molecule has 3 rings (SSSR count). The predicted molar refractivity (Wildman–Crippen MR) is 93.3 cm³/mol. The number of aliphatic imine (C=N–C) groups is 1. The van der Waals surface area contributed by atoms with Gasteiger partial charge in [0.15, 0.2) is 0 Å². The summed E-state index contributed by atoms with van der Waals surface area (Å²) in [5, 5.41) is 10.3. The average molecular weight is 313 g/mol. The lowest BCUT2D eigenvalue weighted by Crippen LogP contribution is -2.20. The molecule has 0 saturated carbocycles. The van der Waals surface area contributed by atoms with Crippen LogP contribution in [-0.2, 0) is 0 Å². The van der Waals surface area contributed by atoms with E-state index in [1.165, 1.54) is 0 Å². The highest BCUT2D eigenvalue weighted by Crippen LogP contribution is 2.27. The molecule has 0 spiro atoms. The highest BCUT2D eigenvalue weighted by molar-refractivity contribution is 6.31. The molecule has 1 heterocycles. The van der Waals surface area contributed by atoms with Crippen molar-refractivity contribution in [2.24, 2.45) is 4.99 Å². The molecule has 0 fully saturated rings. The maximum Gasteiger partial charge on any atom is 0.116 e. The van der Waals surface area contributed by atoms with Gasteiger partial charge in [-0.25, -0.2) is 0 Å². The molecule has 0 unspecified atom stereocenters. The maximum atomic E-state index is 9.53. The fraction of sp³-hybridized carbons (Fsp3) is 0.167. The first-order chi connectivity index (χ1) is 10.6. The summed E-state index contributed by atoms with van der Waals surface area (Å²) in [7, 11) is 2.05. The number of aromatic hydroxyl groups is 1. The van der Waals surface area contributed by atoms with E-state index < -0.39 is 0 Å². The van der Waals surface area contributed by atoms with Crippen LogP contribution in [0.5, 0.6) is 5.75 Å². The van der Waals surface area contributed by atoms with Gasteiger partial charge in [-0.05, 0) is 42.0 Å². The lowest BCUT2D eigenvalue weighted by atomic mass is 10.1. The fourth-order valence-electron chi connectivity index (χ4n) is 2.51. The van der Waals surface area contributed by atoms with Crippen molar-refractivity contribution in [2.45, 2.75) is 0 Å². The zero-order valence-electron chi connectivity index (χ0n) is 12.3. The van der Waals surface area contributed by atoms with Gasteiger partial charge in [0, 0.05) is 29.9 Å². The second-order valence-corrected chi connectivity index (χ2v) is 5.71. The largest absolute Gasteiger partial charge is 0.508 e. The molecule has 0 atom stereocenters. The summed E-state index contributed by atoms with van der Waals surface area (Å²) in [4.78, 5) is 6.83. The number of benzodiazepines with no additional fused rings is 1. The third-order valence-electron chi connectivity index (χ3n) is 3.67. The molecule has 4 heteroatoms.